The van der Waals surface area contributed by atoms with Crippen LogP contribution < -0.4 is 11.4 Å². The van der Waals surface area contributed by atoms with E-state index in [2.05, 4.69) is 14.9 Å². The number of rotatable bonds is 4. The summed E-state index contributed by atoms with van der Waals surface area (Å²) in [5.74, 6) is 0.358. The van der Waals surface area contributed by atoms with Crippen molar-refractivity contribution in [1.82, 2.24) is 24.0 Å². The lowest BCUT2D eigenvalue weighted by Crippen LogP contribution is -2.23. The van der Waals surface area contributed by atoms with Crippen LogP contribution in [0.1, 0.15) is 6.42 Å². The maximum Gasteiger partial charge on any atom is 0.350 e. The second kappa shape index (κ2) is 4.77. The number of nitrogen functional groups attached to an aromatic ring is 1. The molecular formula is C11H18N6O. The van der Waals surface area contributed by atoms with Crippen LogP contribution in [0.2, 0.25) is 0 Å². The summed E-state index contributed by atoms with van der Waals surface area (Å²) in [4.78, 5) is 21.9. The number of hydrogen-bond acceptors (Lipinski definition) is 5. The van der Waals surface area contributed by atoms with E-state index in [0.717, 1.165) is 19.5 Å². The van der Waals surface area contributed by atoms with Crippen molar-refractivity contribution in [1.29, 1.82) is 0 Å². The smallest absolute Gasteiger partial charge is 0.350 e. The highest BCUT2D eigenvalue weighted by molar-refractivity contribution is 5.81. The zero-order chi connectivity index (χ0) is 13.3. The van der Waals surface area contributed by atoms with E-state index >= 15 is 0 Å². The Kier molecular flexibility index (Phi) is 3.33. The summed E-state index contributed by atoms with van der Waals surface area (Å²) in [6, 6.07) is 0. The van der Waals surface area contributed by atoms with Crippen LogP contribution in [0.4, 0.5) is 5.82 Å². The van der Waals surface area contributed by atoms with Crippen LogP contribution >= 0.6 is 0 Å². The molecular weight excluding hydrogens is 232 g/mol. The van der Waals surface area contributed by atoms with Crippen molar-refractivity contribution in [2.75, 3.05) is 26.4 Å². The molecule has 2 N–H and O–H groups in total. The van der Waals surface area contributed by atoms with Crippen molar-refractivity contribution in [2.45, 2.75) is 13.0 Å². The van der Waals surface area contributed by atoms with Crippen LogP contribution in [0.15, 0.2) is 11.1 Å². The minimum atomic E-state index is -0.352. The Labute approximate surface area is 105 Å². The summed E-state index contributed by atoms with van der Waals surface area (Å²) < 4.78 is 3.18. The van der Waals surface area contributed by atoms with Gasteiger partial charge >= 0.3 is 5.69 Å². The highest BCUT2D eigenvalue weighted by atomic mass is 16.1. The summed E-state index contributed by atoms with van der Waals surface area (Å²) in [5, 5.41) is 0. The summed E-state index contributed by atoms with van der Waals surface area (Å²) in [6.45, 7) is 1.74. The molecule has 2 aromatic heterocycles. The standard InChI is InChI=1S/C11H18N6O/c1-15(2)5-4-6-17-7-13-8-9(12)16(3)11(18)14-10(8)17/h7H,4-6,12H2,1-3H3. The van der Waals surface area contributed by atoms with Crippen molar-refractivity contribution in [2.24, 2.45) is 7.05 Å². The molecule has 98 valence electrons. The van der Waals surface area contributed by atoms with Crippen LogP contribution in [0.5, 0.6) is 0 Å². The van der Waals surface area contributed by atoms with Crippen molar-refractivity contribution in [3.63, 3.8) is 0 Å². The molecule has 2 heterocycles. The largest absolute Gasteiger partial charge is 0.383 e. The maximum atomic E-state index is 11.6. The van der Waals surface area contributed by atoms with Gasteiger partial charge in [-0.25, -0.2) is 9.78 Å². The van der Waals surface area contributed by atoms with E-state index < -0.39 is 0 Å². The lowest BCUT2D eigenvalue weighted by atomic mass is 10.4. The lowest BCUT2D eigenvalue weighted by Gasteiger charge is -2.09. The molecule has 0 unspecified atom stereocenters. The highest BCUT2D eigenvalue weighted by Crippen LogP contribution is 2.14. The number of anilines is 1. The number of fused-ring (bicyclic) bond motifs is 1. The maximum absolute atomic E-state index is 11.6. The summed E-state index contributed by atoms with van der Waals surface area (Å²) in [6.07, 6.45) is 2.65. The summed E-state index contributed by atoms with van der Waals surface area (Å²) >= 11 is 0. The molecule has 7 nitrogen and oxygen atoms in total. The Morgan fingerprint density at radius 3 is 2.83 bits per heavy atom. The molecule has 0 aromatic carbocycles. The van der Waals surface area contributed by atoms with E-state index in [1.807, 2.05) is 18.7 Å². The van der Waals surface area contributed by atoms with Gasteiger partial charge in [-0.1, -0.05) is 0 Å². The van der Waals surface area contributed by atoms with Gasteiger partial charge in [-0.2, -0.15) is 4.98 Å². The third kappa shape index (κ3) is 2.21. The molecule has 0 radical (unpaired) electrons. The van der Waals surface area contributed by atoms with Gasteiger partial charge < -0.3 is 15.2 Å². The summed E-state index contributed by atoms with van der Waals surface area (Å²) in [5.41, 5.74) is 6.65. The molecule has 2 aromatic rings. The predicted octanol–water partition coefficient (Wildman–Crippen LogP) is -0.336. The van der Waals surface area contributed by atoms with E-state index in [1.54, 1.807) is 13.4 Å². The van der Waals surface area contributed by atoms with Crippen molar-refractivity contribution in [3.05, 3.63) is 16.8 Å². The van der Waals surface area contributed by atoms with Crippen molar-refractivity contribution >= 4 is 17.0 Å². The molecule has 0 aliphatic rings. The van der Waals surface area contributed by atoms with E-state index in [0.29, 0.717) is 17.0 Å². The Bertz CT molecular complexity index is 612. The van der Waals surface area contributed by atoms with Crippen LogP contribution in [0.3, 0.4) is 0 Å². The quantitative estimate of drug-likeness (QED) is 0.803. The van der Waals surface area contributed by atoms with Gasteiger partial charge in [-0.15, -0.1) is 0 Å². The molecule has 2 rings (SSSR count). The number of imidazole rings is 1. The molecule has 0 fully saturated rings. The van der Waals surface area contributed by atoms with Gasteiger partial charge in [-0.3, -0.25) is 4.57 Å². The van der Waals surface area contributed by atoms with Gasteiger partial charge in [0.05, 0.1) is 6.33 Å². The molecule has 0 amide bonds. The monoisotopic (exact) mass is 250 g/mol. The normalized spacial score (nSPS) is 11.6. The molecule has 7 heteroatoms. The summed E-state index contributed by atoms with van der Waals surface area (Å²) in [7, 11) is 5.64. The van der Waals surface area contributed by atoms with Gasteiger partial charge in [0, 0.05) is 13.6 Å². The Morgan fingerprint density at radius 2 is 2.17 bits per heavy atom. The third-order valence-corrected chi connectivity index (χ3v) is 2.91. The second-order valence-corrected chi connectivity index (χ2v) is 4.61. The van der Waals surface area contributed by atoms with Gasteiger partial charge in [0.15, 0.2) is 5.65 Å². The first-order valence-electron chi connectivity index (χ1n) is 5.82. The van der Waals surface area contributed by atoms with Crippen LogP contribution in [0.25, 0.3) is 11.2 Å². The topological polar surface area (TPSA) is 82.0 Å². The minimum absolute atomic E-state index is 0.352. The van der Waals surface area contributed by atoms with Crippen molar-refractivity contribution in [3.8, 4) is 0 Å². The first kappa shape index (κ1) is 12.6. The molecule has 0 saturated heterocycles. The highest BCUT2D eigenvalue weighted by Gasteiger charge is 2.11. The lowest BCUT2D eigenvalue weighted by molar-refractivity contribution is 0.387. The Hall–Kier alpha value is -1.89. The van der Waals surface area contributed by atoms with Crippen LogP contribution in [-0.2, 0) is 13.6 Å². The third-order valence-electron chi connectivity index (χ3n) is 2.91. The average molecular weight is 250 g/mol. The first-order chi connectivity index (χ1) is 8.50. The van der Waals surface area contributed by atoms with Gasteiger partial charge in [-0.05, 0) is 27.1 Å². The average Bonchev–Trinajstić information content (AvgIpc) is 2.69. The number of hydrogen-bond donors (Lipinski definition) is 1. The zero-order valence-electron chi connectivity index (χ0n) is 10.9. The molecule has 0 spiro atoms. The van der Waals surface area contributed by atoms with Crippen LogP contribution in [-0.4, -0.2) is 44.6 Å². The molecule has 0 aliphatic heterocycles. The SMILES string of the molecule is CN(C)CCCn1cnc2c(N)n(C)c(=O)nc21. The van der Waals surface area contributed by atoms with E-state index in [1.165, 1.54) is 4.57 Å². The van der Waals surface area contributed by atoms with Gasteiger partial charge in [0.25, 0.3) is 0 Å². The Morgan fingerprint density at radius 1 is 1.44 bits per heavy atom. The van der Waals surface area contributed by atoms with Crippen LogP contribution in [0, 0.1) is 0 Å². The number of aromatic nitrogens is 4. The van der Waals surface area contributed by atoms with E-state index in [-0.39, 0.29) is 5.69 Å². The zero-order valence-corrected chi connectivity index (χ0v) is 10.9. The molecule has 0 bridgehead atoms. The Balaban J connectivity index is 2.33. The fourth-order valence-electron chi connectivity index (χ4n) is 1.82. The molecule has 18 heavy (non-hydrogen) atoms. The number of aryl methyl sites for hydroxylation is 1. The number of nitrogens with zero attached hydrogens (tertiary/aromatic N) is 5. The molecule has 0 saturated carbocycles. The minimum Gasteiger partial charge on any atom is -0.383 e. The molecule has 0 aliphatic carbocycles. The molecule has 0 atom stereocenters. The fraction of sp³-hybridized carbons (Fsp3) is 0.545. The second-order valence-electron chi connectivity index (χ2n) is 4.61. The van der Waals surface area contributed by atoms with Crippen molar-refractivity contribution < 1.29 is 0 Å². The first-order valence-corrected chi connectivity index (χ1v) is 5.82. The predicted molar refractivity (Wildman–Crippen MR) is 70.4 cm³/mol. The number of nitrogens with two attached hydrogens (primary N) is 1. The van der Waals surface area contributed by atoms with Gasteiger partial charge in [0.1, 0.15) is 11.3 Å². The van der Waals surface area contributed by atoms with Gasteiger partial charge in [0.2, 0.25) is 0 Å². The van der Waals surface area contributed by atoms with E-state index in [9.17, 15) is 4.79 Å². The van der Waals surface area contributed by atoms with E-state index in [4.69, 9.17) is 5.73 Å². The fourth-order valence-corrected chi connectivity index (χ4v) is 1.82.